The summed E-state index contributed by atoms with van der Waals surface area (Å²) >= 11 is 3.13. The number of nitrogens with one attached hydrogen (secondary N) is 2. The van der Waals surface area contributed by atoms with Crippen LogP contribution in [-0.2, 0) is 4.79 Å². The standard InChI is InChI=1S/C13H14N4OS2/c1-3-14-11-9-5-4-8(6-10(9)15-12(11)18)20-13-17-16-7(2)19-13/h4-6,11,14H,3H2,1-2H3,(H,15,18). The van der Waals surface area contributed by atoms with Crippen molar-refractivity contribution in [1.82, 2.24) is 15.5 Å². The number of nitrogens with zero attached hydrogens (tertiary/aromatic N) is 2. The van der Waals surface area contributed by atoms with Crippen LogP contribution in [0, 0.1) is 6.92 Å². The molecule has 2 N–H and O–H groups in total. The van der Waals surface area contributed by atoms with Crippen LogP contribution in [-0.4, -0.2) is 22.6 Å². The van der Waals surface area contributed by atoms with E-state index in [1.807, 2.05) is 32.0 Å². The minimum absolute atomic E-state index is 0.00996. The number of rotatable bonds is 4. The van der Waals surface area contributed by atoms with E-state index in [0.717, 1.165) is 32.0 Å². The highest BCUT2D eigenvalue weighted by Crippen LogP contribution is 2.37. The number of aromatic nitrogens is 2. The van der Waals surface area contributed by atoms with Crippen molar-refractivity contribution in [2.75, 3.05) is 11.9 Å². The van der Waals surface area contributed by atoms with Crippen LogP contribution in [0.2, 0.25) is 0 Å². The molecule has 104 valence electrons. The number of carbonyl (C=O) groups is 1. The first-order chi connectivity index (χ1) is 9.67. The van der Waals surface area contributed by atoms with Gasteiger partial charge in [-0.3, -0.25) is 4.79 Å². The van der Waals surface area contributed by atoms with Gasteiger partial charge in [-0.05, 0) is 25.6 Å². The third-order valence-corrected chi connectivity index (χ3v) is 4.86. The molecule has 1 aliphatic heterocycles. The zero-order valence-corrected chi connectivity index (χ0v) is 12.8. The van der Waals surface area contributed by atoms with E-state index in [9.17, 15) is 4.79 Å². The Hall–Kier alpha value is -1.44. The van der Waals surface area contributed by atoms with Crippen molar-refractivity contribution in [3.8, 4) is 0 Å². The van der Waals surface area contributed by atoms with Crippen molar-refractivity contribution >= 4 is 34.7 Å². The fourth-order valence-corrected chi connectivity index (χ4v) is 3.96. The van der Waals surface area contributed by atoms with E-state index in [1.54, 1.807) is 23.1 Å². The van der Waals surface area contributed by atoms with Gasteiger partial charge < -0.3 is 10.6 Å². The maximum absolute atomic E-state index is 11.9. The molecule has 1 unspecified atom stereocenters. The van der Waals surface area contributed by atoms with Gasteiger partial charge in [0.05, 0.1) is 0 Å². The fourth-order valence-electron chi connectivity index (χ4n) is 2.13. The van der Waals surface area contributed by atoms with E-state index in [1.165, 1.54) is 0 Å². The highest BCUT2D eigenvalue weighted by atomic mass is 32.2. The van der Waals surface area contributed by atoms with Crippen LogP contribution in [0.4, 0.5) is 5.69 Å². The number of hydrogen-bond donors (Lipinski definition) is 2. The number of hydrogen-bond acceptors (Lipinski definition) is 6. The van der Waals surface area contributed by atoms with E-state index < -0.39 is 0 Å². The predicted octanol–water partition coefficient (Wildman–Crippen LogP) is 2.60. The van der Waals surface area contributed by atoms with Gasteiger partial charge in [0, 0.05) is 16.1 Å². The SMILES string of the molecule is CCNC1C(=O)Nc2cc(Sc3nnc(C)s3)ccc21. The molecule has 1 aromatic heterocycles. The molecule has 3 rings (SSSR count). The Morgan fingerprint density at radius 3 is 3.00 bits per heavy atom. The molecule has 0 aliphatic carbocycles. The first-order valence-electron chi connectivity index (χ1n) is 6.33. The van der Waals surface area contributed by atoms with Gasteiger partial charge in [-0.1, -0.05) is 36.1 Å². The molecule has 0 saturated carbocycles. The van der Waals surface area contributed by atoms with E-state index in [2.05, 4.69) is 20.8 Å². The van der Waals surface area contributed by atoms with Crippen LogP contribution in [0.3, 0.4) is 0 Å². The van der Waals surface area contributed by atoms with Gasteiger partial charge in [-0.15, -0.1) is 10.2 Å². The number of anilines is 1. The van der Waals surface area contributed by atoms with Crippen LogP contribution in [0.25, 0.3) is 0 Å². The second-order valence-electron chi connectivity index (χ2n) is 4.42. The third kappa shape index (κ3) is 2.56. The first kappa shape index (κ1) is 13.5. The van der Waals surface area contributed by atoms with Crippen molar-refractivity contribution in [1.29, 1.82) is 0 Å². The Labute approximate surface area is 125 Å². The lowest BCUT2D eigenvalue weighted by Crippen LogP contribution is -2.27. The second kappa shape index (κ2) is 5.51. The molecule has 2 aromatic rings. The number of aryl methyl sites for hydroxylation is 1. The smallest absolute Gasteiger partial charge is 0.246 e. The number of amides is 1. The monoisotopic (exact) mass is 306 g/mol. The van der Waals surface area contributed by atoms with Crippen LogP contribution in [0.1, 0.15) is 23.5 Å². The maximum Gasteiger partial charge on any atom is 0.246 e. The van der Waals surface area contributed by atoms with Crippen molar-refractivity contribution in [3.05, 3.63) is 28.8 Å². The third-order valence-electron chi connectivity index (χ3n) is 2.98. The molecule has 0 saturated heterocycles. The molecule has 1 aliphatic rings. The van der Waals surface area contributed by atoms with Crippen LogP contribution < -0.4 is 10.6 Å². The lowest BCUT2D eigenvalue weighted by atomic mass is 10.1. The van der Waals surface area contributed by atoms with Crippen molar-refractivity contribution in [3.63, 3.8) is 0 Å². The first-order valence-corrected chi connectivity index (χ1v) is 7.97. The Balaban J connectivity index is 1.84. The fraction of sp³-hybridized carbons (Fsp3) is 0.308. The normalized spacial score (nSPS) is 17.1. The van der Waals surface area contributed by atoms with E-state index in [-0.39, 0.29) is 11.9 Å². The van der Waals surface area contributed by atoms with E-state index >= 15 is 0 Å². The highest BCUT2D eigenvalue weighted by molar-refractivity contribution is 8.01. The molecular weight excluding hydrogens is 292 g/mol. The summed E-state index contributed by atoms with van der Waals surface area (Å²) in [7, 11) is 0. The minimum atomic E-state index is -0.238. The summed E-state index contributed by atoms with van der Waals surface area (Å²) in [5.74, 6) is 0.00996. The second-order valence-corrected chi connectivity index (χ2v) is 6.92. The number of likely N-dealkylation sites (N-methyl/N-ethyl adjacent to an activating group) is 1. The van der Waals surface area contributed by atoms with Gasteiger partial charge in [-0.2, -0.15) is 0 Å². The largest absolute Gasteiger partial charge is 0.324 e. The summed E-state index contributed by atoms with van der Waals surface area (Å²) in [6.45, 7) is 4.69. The minimum Gasteiger partial charge on any atom is -0.324 e. The van der Waals surface area contributed by atoms with Crippen LogP contribution >= 0.6 is 23.1 Å². The summed E-state index contributed by atoms with van der Waals surface area (Å²) in [6, 6.07) is 5.77. The Morgan fingerprint density at radius 2 is 2.30 bits per heavy atom. The van der Waals surface area contributed by atoms with Crippen molar-refractivity contribution in [2.24, 2.45) is 0 Å². The highest BCUT2D eigenvalue weighted by Gasteiger charge is 2.29. The predicted molar refractivity (Wildman–Crippen MR) is 80.3 cm³/mol. The van der Waals surface area contributed by atoms with Gasteiger partial charge in [0.2, 0.25) is 5.91 Å². The molecule has 7 heteroatoms. The molecule has 20 heavy (non-hydrogen) atoms. The molecule has 1 amide bonds. The molecular formula is C13H14N4OS2. The van der Waals surface area contributed by atoms with Gasteiger partial charge in [0.1, 0.15) is 11.0 Å². The Kier molecular flexibility index (Phi) is 3.73. The molecule has 0 fully saturated rings. The number of fused-ring (bicyclic) bond motifs is 1. The van der Waals surface area contributed by atoms with Gasteiger partial charge in [0.15, 0.2) is 4.34 Å². The summed E-state index contributed by atoms with van der Waals surface area (Å²) in [4.78, 5) is 12.9. The van der Waals surface area contributed by atoms with Crippen molar-refractivity contribution in [2.45, 2.75) is 29.1 Å². The zero-order chi connectivity index (χ0) is 14.1. The summed E-state index contributed by atoms with van der Waals surface area (Å²) in [6.07, 6.45) is 0. The average Bonchev–Trinajstić information content (AvgIpc) is 2.94. The molecule has 0 spiro atoms. The number of carbonyl (C=O) groups excluding carboxylic acids is 1. The quantitative estimate of drug-likeness (QED) is 0.909. The summed E-state index contributed by atoms with van der Waals surface area (Å²) in [5, 5.41) is 15.2. The molecule has 0 bridgehead atoms. The molecule has 2 heterocycles. The topological polar surface area (TPSA) is 66.9 Å². The van der Waals surface area contributed by atoms with Crippen LogP contribution in [0.5, 0.6) is 0 Å². The molecule has 5 nitrogen and oxygen atoms in total. The zero-order valence-electron chi connectivity index (χ0n) is 11.1. The molecule has 1 atom stereocenters. The summed E-state index contributed by atoms with van der Waals surface area (Å²) < 4.78 is 0.912. The van der Waals surface area contributed by atoms with Gasteiger partial charge >= 0.3 is 0 Å². The Bertz CT molecular complexity index is 656. The van der Waals surface area contributed by atoms with Crippen LogP contribution in [0.15, 0.2) is 27.4 Å². The maximum atomic E-state index is 11.9. The lowest BCUT2D eigenvalue weighted by molar-refractivity contribution is -0.117. The summed E-state index contributed by atoms with van der Waals surface area (Å²) in [5.41, 5.74) is 1.89. The average molecular weight is 306 g/mol. The lowest BCUT2D eigenvalue weighted by Gasteiger charge is -2.09. The number of benzene rings is 1. The van der Waals surface area contributed by atoms with Gasteiger partial charge in [0.25, 0.3) is 0 Å². The molecule has 0 radical (unpaired) electrons. The van der Waals surface area contributed by atoms with Crippen molar-refractivity contribution < 1.29 is 4.79 Å². The van der Waals surface area contributed by atoms with E-state index in [4.69, 9.17) is 0 Å². The van der Waals surface area contributed by atoms with Gasteiger partial charge in [-0.25, -0.2) is 0 Å². The Morgan fingerprint density at radius 1 is 1.45 bits per heavy atom. The van der Waals surface area contributed by atoms with E-state index in [0.29, 0.717) is 0 Å². The molecule has 1 aromatic carbocycles.